The van der Waals surface area contributed by atoms with Gasteiger partial charge in [0.2, 0.25) is 5.91 Å². The Morgan fingerprint density at radius 3 is 2.66 bits per heavy atom. The minimum atomic E-state index is -0.00934. The molecule has 2 bridgehead atoms. The predicted octanol–water partition coefficient (Wildman–Crippen LogP) is 3.50. The molecule has 1 aliphatic carbocycles. The molecule has 1 N–H and O–H groups in total. The van der Waals surface area contributed by atoms with Crippen LogP contribution in [-0.2, 0) is 14.3 Å². The van der Waals surface area contributed by atoms with Crippen molar-refractivity contribution in [3.05, 3.63) is 29.8 Å². The molecular weight excluding hydrogens is 404 g/mol. The molecule has 5 aliphatic rings. The van der Waals surface area contributed by atoms with E-state index in [0.29, 0.717) is 31.8 Å². The molecule has 4 aliphatic heterocycles. The number of carbonyl (C=O) groups excluding carboxylic acids is 1. The molecule has 32 heavy (non-hydrogen) atoms. The van der Waals surface area contributed by atoms with Gasteiger partial charge in [-0.1, -0.05) is 18.2 Å². The lowest BCUT2D eigenvalue weighted by Gasteiger charge is -2.42. The van der Waals surface area contributed by atoms with Gasteiger partial charge in [0.1, 0.15) is 12.4 Å². The van der Waals surface area contributed by atoms with Crippen molar-refractivity contribution in [3.63, 3.8) is 0 Å². The second kappa shape index (κ2) is 10.5. The average Bonchev–Trinajstić information content (AvgIpc) is 2.86. The Bertz CT molecular complexity index is 758. The van der Waals surface area contributed by atoms with Crippen LogP contribution in [0.1, 0.15) is 62.8 Å². The van der Waals surface area contributed by atoms with Gasteiger partial charge in [-0.05, 0) is 75.5 Å². The normalized spacial score (nSPS) is 34.1. The molecule has 3 fully saturated rings. The number of rotatable bonds is 2. The zero-order valence-corrected chi connectivity index (χ0v) is 19.2. The summed E-state index contributed by atoms with van der Waals surface area (Å²) in [7, 11) is 0. The molecule has 6 rings (SSSR count). The molecule has 0 radical (unpaired) electrons. The Balaban J connectivity index is 1.30. The van der Waals surface area contributed by atoms with Crippen molar-refractivity contribution in [3.8, 4) is 5.75 Å². The van der Waals surface area contributed by atoms with Crippen molar-refractivity contribution in [2.24, 2.45) is 5.92 Å². The lowest BCUT2D eigenvalue weighted by atomic mass is 9.82. The SMILES string of the molecule is O=C(N[C@H]1CCCN2CCOc3ccccc3C3CCC(CC3)OCC12)C1CCCOC1. The Morgan fingerprint density at radius 2 is 1.81 bits per heavy atom. The van der Waals surface area contributed by atoms with Gasteiger partial charge >= 0.3 is 0 Å². The average molecular weight is 443 g/mol. The summed E-state index contributed by atoms with van der Waals surface area (Å²) >= 11 is 0. The molecule has 6 nitrogen and oxygen atoms in total. The zero-order chi connectivity index (χ0) is 21.8. The van der Waals surface area contributed by atoms with Crippen LogP contribution in [0.4, 0.5) is 0 Å². The first-order valence-corrected chi connectivity index (χ1v) is 12.7. The van der Waals surface area contributed by atoms with Gasteiger partial charge in [-0.25, -0.2) is 0 Å². The fourth-order valence-electron chi connectivity index (χ4n) is 6.04. The summed E-state index contributed by atoms with van der Waals surface area (Å²) < 4.78 is 18.4. The third kappa shape index (κ3) is 5.13. The fourth-order valence-corrected chi connectivity index (χ4v) is 6.04. The first kappa shape index (κ1) is 22.2. The molecule has 0 spiro atoms. The number of nitrogens with zero attached hydrogens (tertiary/aromatic N) is 1. The van der Waals surface area contributed by atoms with Crippen LogP contribution in [0.5, 0.6) is 5.75 Å². The van der Waals surface area contributed by atoms with Gasteiger partial charge in [0.15, 0.2) is 0 Å². The van der Waals surface area contributed by atoms with Crippen LogP contribution in [0.3, 0.4) is 0 Å². The minimum absolute atomic E-state index is 0.00934. The van der Waals surface area contributed by atoms with Crippen molar-refractivity contribution >= 4 is 5.91 Å². The van der Waals surface area contributed by atoms with E-state index in [1.165, 1.54) is 5.56 Å². The highest BCUT2D eigenvalue weighted by Crippen LogP contribution is 2.38. The number of nitrogens with one attached hydrogen (secondary N) is 1. The van der Waals surface area contributed by atoms with E-state index in [2.05, 4.69) is 34.5 Å². The first-order chi connectivity index (χ1) is 15.8. The van der Waals surface area contributed by atoms with Gasteiger partial charge in [-0.2, -0.15) is 0 Å². The highest BCUT2D eigenvalue weighted by Gasteiger charge is 2.36. The van der Waals surface area contributed by atoms with E-state index in [-0.39, 0.29) is 23.9 Å². The van der Waals surface area contributed by atoms with E-state index in [0.717, 1.165) is 76.8 Å². The van der Waals surface area contributed by atoms with Gasteiger partial charge < -0.3 is 19.5 Å². The van der Waals surface area contributed by atoms with Gasteiger partial charge in [-0.15, -0.1) is 0 Å². The maximum atomic E-state index is 13.0. The Hall–Kier alpha value is -1.63. The summed E-state index contributed by atoms with van der Waals surface area (Å²) in [6.07, 6.45) is 8.84. The minimum Gasteiger partial charge on any atom is -0.492 e. The van der Waals surface area contributed by atoms with Crippen LogP contribution >= 0.6 is 0 Å². The monoisotopic (exact) mass is 442 g/mol. The molecule has 0 aromatic heterocycles. The highest BCUT2D eigenvalue weighted by molar-refractivity contribution is 5.79. The number of fused-ring (bicyclic) bond motifs is 5. The van der Waals surface area contributed by atoms with Crippen LogP contribution in [-0.4, -0.2) is 68.5 Å². The maximum Gasteiger partial charge on any atom is 0.225 e. The summed E-state index contributed by atoms with van der Waals surface area (Å²) in [6, 6.07) is 8.91. The number of ether oxygens (including phenoxy) is 3. The van der Waals surface area contributed by atoms with Crippen molar-refractivity contribution in [1.82, 2.24) is 10.2 Å². The number of hydrogen-bond acceptors (Lipinski definition) is 5. The van der Waals surface area contributed by atoms with E-state index in [1.807, 2.05) is 0 Å². The topological polar surface area (TPSA) is 60.0 Å². The van der Waals surface area contributed by atoms with E-state index in [1.54, 1.807) is 0 Å². The van der Waals surface area contributed by atoms with Crippen molar-refractivity contribution in [1.29, 1.82) is 0 Å². The molecule has 1 aromatic rings. The van der Waals surface area contributed by atoms with Crippen molar-refractivity contribution < 1.29 is 19.0 Å². The Kier molecular flexibility index (Phi) is 7.30. The molecule has 2 saturated heterocycles. The van der Waals surface area contributed by atoms with Gasteiger partial charge in [0, 0.05) is 19.2 Å². The van der Waals surface area contributed by atoms with Crippen LogP contribution in [0, 0.1) is 5.92 Å². The van der Waals surface area contributed by atoms with E-state index in [9.17, 15) is 4.79 Å². The van der Waals surface area contributed by atoms with Crippen molar-refractivity contribution in [2.75, 3.05) is 39.5 Å². The second-order valence-corrected chi connectivity index (χ2v) is 9.97. The van der Waals surface area contributed by atoms with Crippen LogP contribution < -0.4 is 10.1 Å². The summed E-state index contributed by atoms with van der Waals surface area (Å²) in [6.45, 7) is 4.58. The number of benzene rings is 1. The van der Waals surface area contributed by atoms with Gasteiger partial charge in [-0.3, -0.25) is 9.69 Å². The lowest BCUT2D eigenvalue weighted by molar-refractivity contribution is -0.131. The molecule has 6 heteroatoms. The maximum absolute atomic E-state index is 13.0. The first-order valence-electron chi connectivity index (χ1n) is 12.7. The lowest BCUT2D eigenvalue weighted by Crippen LogP contribution is -2.59. The number of hydrogen-bond donors (Lipinski definition) is 1. The van der Waals surface area contributed by atoms with Gasteiger partial charge in [0.25, 0.3) is 0 Å². The quantitative estimate of drug-likeness (QED) is 0.760. The molecule has 1 saturated carbocycles. The largest absolute Gasteiger partial charge is 0.492 e. The van der Waals surface area contributed by atoms with Crippen LogP contribution in [0.2, 0.25) is 0 Å². The Labute approximate surface area is 192 Å². The summed E-state index contributed by atoms with van der Waals surface area (Å²) in [5.41, 5.74) is 1.36. The molecule has 4 heterocycles. The Morgan fingerprint density at radius 1 is 0.938 bits per heavy atom. The van der Waals surface area contributed by atoms with Crippen LogP contribution in [0.15, 0.2) is 24.3 Å². The van der Waals surface area contributed by atoms with Crippen LogP contribution in [0.25, 0.3) is 0 Å². The molecule has 1 aromatic carbocycles. The predicted molar refractivity (Wildman–Crippen MR) is 123 cm³/mol. The summed E-state index contributed by atoms with van der Waals surface area (Å²) in [5.74, 6) is 1.76. The standard InChI is InChI=1S/C26H38N2O4/c29-26(20-5-4-15-30-17-20)27-23-7-3-13-28-14-16-31-25-8-2-1-6-22(25)19-9-11-21(12-10-19)32-18-24(23)28/h1-2,6,8,19-21,23-24H,3-5,7,9-18H2,(H,27,29)/t19?,20?,21?,23-,24?/m0/s1. The molecule has 176 valence electrons. The fraction of sp³-hybridized carbons (Fsp3) is 0.731. The molecule has 1 amide bonds. The van der Waals surface area contributed by atoms with Crippen molar-refractivity contribution in [2.45, 2.75) is 75.5 Å². The van der Waals surface area contributed by atoms with E-state index in [4.69, 9.17) is 14.2 Å². The third-order valence-corrected chi connectivity index (χ3v) is 7.92. The summed E-state index contributed by atoms with van der Waals surface area (Å²) in [5, 5.41) is 3.39. The molecular formula is C26H38N2O4. The number of carbonyl (C=O) groups is 1. The highest BCUT2D eigenvalue weighted by atomic mass is 16.5. The van der Waals surface area contributed by atoms with Gasteiger partial charge in [0.05, 0.1) is 31.3 Å². The molecule has 2 unspecified atom stereocenters. The van der Waals surface area contributed by atoms with E-state index >= 15 is 0 Å². The number of para-hydroxylation sites is 1. The summed E-state index contributed by atoms with van der Waals surface area (Å²) in [4.78, 5) is 15.4. The smallest absolute Gasteiger partial charge is 0.225 e. The number of amides is 1. The zero-order valence-electron chi connectivity index (χ0n) is 19.2. The third-order valence-electron chi connectivity index (χ3n) is 7.92. The second-order valence-electron chi connectivity index (χ2n) is 9.97. The number of piperidine rings is 1. The molecule has 3 atom stereocenters. The van der Waals surface area contributed by atoms with E-state index < -0.39 is 0 Å².